The van der Waals surface area contributed by atoms with Gasteiger partial charge in [-0.1, -0.05) is 0 Å². The summed E-state index contributed by atoms with van der Waals surface area (Å²) in [4.78, 5) is 1.29. The van der Waals surface area contributed by atoms with E-state index in [9.17, 15) is 0 Å². The lowest BCUT2D eigenvalue weighted by atomic mass is 10.4. The standard InChI is InChI=1S/C6H6N2S/c1-3-7-8-5-2-4-9-6(1)5/h1-4,7-8H. The highest BCUT2D eigenvalue weighted by molar-refractivity contribution is 7.11. The predicted molar refractivity (Wildman–Crippen MR) is 40.1 cm³/mol. The summed E-state index contributed by atoms with van der Waals surface area (Å²) in [6.07, 6.45) is 3.94. The van der Waals surface area contributed by atoms with Crippen molar-refractivity contribution in [3.05, 3.63) is 22.5 Å². The summed E-state index contributed by atoms with van der Waals surface area (Å²) >= 11 is 1.74. The second kappa shape index (κ2) is 1.77. The number of anilines is 1. The van der Waals surface area contributed by atoms with Crippen LogP contribution in [0, 0.1) is 0 Å². The Balaban J connectivity index is 2.53. The van der Waals surface area contributed by atoms with Gasteiger partial charge in [-0.05, 0) is 17.5 Å². The molecule has 2 rings (SSSR count). The summed E-state index contributed by atoms with van der Waals surface area (Å²) in [6, 6.07) is 2.05. The summed E-state index contributed by atoms with van der Waals surface area (Å²) in [5, 5.41) is 2.06. The first-order chi connectivity index (χ1) is 4.47. The Morgan fingerprint density at radius 2 is 2.44 bits per heavy atom. The molecule has 0 amide bonds. The molecule has 0 saturated heterocycles. The number of thiophene rings is 1. The Kier molecular flexibility index (Phi) is 0.960. The van der Waals surface area contributed by atoms with E-state index in [0.29, 0.717) is 0 Å². The fourth-order valence-corrected chi connectivity index (χ4v) is 1.53. The predicted octanol–water partition coefficient (Wildman–Crippen LogP) is 1.65. The molecular weight excluding hydrogens is 132 g/mol. The van der Waals surface area contributed by atoms with Crippen molar-refractivity contribution in [1.82, 2.24) is 5.43 Å². The third kappa shape index (κ3) is 0.695. The van der Waals surface area contributed by atoms with Crippen LogP contribution in [-0.4, -0.2) is 0 Å². The molecule has 0 fully saturated rings. The van der Waals surface area contributed by atoms with E-state index in [1.807, 2.05) is 6.20 Å². The van der Waals surface area contributed by atoms with E-state index in [0.717, 1.165) is 0 Å². The fourth-order valence-electron chi connectivity index (χ4n) is 0.790. The molecule has 2 N–H and O–H groups in total. The summed E-state index contributed by atoms with van der Waals surface area (Å²) in [5.74, 6) is 0. The van der Waals surface area contributed by atoms with Crippen LogP contribution in [0.25, 0.3) is 6.08 Å². The van der Waals surface area contributed by atoms with Crippen LogP contribution in [0.1, 0.15) is 4.88 Å². The van der Waals surface area contributed by atoms with E-state index >= 15 is 0 Å². The first kappa shape index (κ1) is 4.88. The molecule has 0 bridgehead atoms. The van der Waals surface area contributed by atoms with E-state index in [1.54, 1.807) is 11.3 Å². The summed E-state index contributed by atoms with van der Waals surface area (Å²) < 4.78 is 0. The van der Waals surface area contributed by atoms with Crippen molar-refractivity contribution in [1.29, 1.82) is 0 Å². The topological polar surface area (TPSA) is 24.1 Å². The van der Waals surface area contributed by atoms with Gasteiger partial charge in [0.1, 0.15) is 0 Å². The Labute approximate surface area is 57.2 Å². The minimum Gasteiger partial charge on any atom is -0.308 e. The van der Waals surface area contributed by atoms with Gasteiger partial charge in [-0.25, -0.2) is 0 Å². The number of nitrogens with one attached hydrogen (secondary N) is 2. The summed E-state index contributed by atoms with van der Waals surface area (Å²) in [7, 11) is 0. The first-order valence-corrected chi connectivity index (χ1v) is 3.60. The Hall–Kier alpha value is -0.960. The molecule has 0 aliphatic carbocycles. The maximum Gasteiger partial charge on any atom is 0.0720 e. The molecule has 0 atom stereocenters. The molecule has 46 valence electrons. The van der Waals surface area contributed by atoms with Crippen LogP contribution >= 0.6 is 11.3 Å². The SMILES string of the molecule is C1=Cc2sccc2NN1. The van der Waals surface area contributed by atoms with Crippen LogP contribution in [-0.2, 0) is 0 Å². The van der Waals surface area contributed by atoms with Crippen LogP contribution in [0.5, 0.6) is 0 Å². The third-order valence-electron chi connectivity index (χ3n) is 1.22. The minimum atomic E-state index is 1.17. The van der Waals surface area contributed by atoms with Gasteiger partial charge in [-0.3, -0.25) is 5.43 Å². The van der Waals surface area contributed by atoms with Crippen LogP contribution in [0.4, 0.5) is 5.69 Å². The Morgan fingerprint density at radius 3 is 3.33 bits per heavy atom. The highest BCUT2D eigenvalue weighted by Crippen LogP contribution is 2.24. The molecule has 1 aliphatic rings. The Bertz CT molecular complexity index is 239. The van der Waals surface area contributed by atoms with Gasteiger partial charge >= 0.3 is 0 Å². The molecule has 0 spiro atoms. The van der Waals surface area contributed by atoms with Gasteiger partial charge in [0, 0.05) is 6.20 Å². The number of rotatable bonds is 0. The second-order valence-electron chi connectivity index (χ2n) is 1.80. The fraction of sp³-hybridized carbons (Fsp3) is 0. The molecule has 0 saturated carbocycles. The molecular formula is C6H6N2S. The lowest BCUT2D eigenvalue weighted by Crippen LogP contribution is -2.16. The quantitative estimate of drug-likeness (QED) is 0.569. The molecule has 9 heavy (non-hydrogen) atoms. The van der Waals surface area contributed by atoms with E-state index in [2.05, 4.69) is 28.4 Å². The average Bonchev–Trinajstić information content (AvgIpc) is 2.33. The Morgan fingerprint density at radius 1 is 1.44 bits per heavy atom. The normalized spacial score (nSPS) is 13.8. The summed E-state index contributed by atoms with van der Waals surface area (Å²) in [5.41, 5.74) is 7.09. The van der Waals surface area contributed by atoms with Gasteiger partial charge in [0.05, 0.1) is 10.6 Å². The van der Waals surface area contributed by atoms with Gasteiger partial charge in [0.2, 0.25) is 0 Å². The highest BCUT2D eigenvalue weighted by atomic mass is 32.1. The van der Waals surface area contributed by atoms with Gasteiger partial charge in [-0.2, -0.15) is 0 Å². The molecule has 1 aliphatic heterocycles. The molecule has 2 nitrogen and oxygen atoms in total. The average molecular weight is 138 g/mol. The smallest absolute Gasteiger partial charge is 0.0720 e. The largest absolute Gasteiger partial charge is 0.308 e. The first-order valence-electron chi connectivity index (χ1n) is 2.72. The number of hydrazine groups is 1. The molecule has 0 aromatic carbocycles. The third-order valence-corrected chi connectivity index (χ3v) is 2.10. The maximum absolute atomic E-state index is 3.02. The number of fused-ring (bicyclic) bond motifs is 1. The molecule has 0 unspecified atom stereocenters. The monoisotopic (exact) mass is 138 g/mol. The molecule has 1 aromatic rings. The lowest BCUT2D eigenvalue weighted by Gasteiger charge is -2.08. The lowest BCUT2D eigenvalue weighted by molar-refractivity contribution is 1.06. The van der Waals surface area contributed by atoms with Crippen LogP contribution in [0.15, 0.2) is 17.6 Å². The number of hydrogen-bond donors (Lipinski definition) is 2. The van der Waals surface area contributed by atoms with Crippen molar-refractivity contribution in [2.75, 3.05) is 5.43 Å². The highest BCUT2D eigenvalue weighted by Gasteiger charge is 2.01. The molecule has 1 aromatic heterocycles. The van der Waals surface area contributed by atoms with Crippen molar-refractivity contribution in [2.45, 2.75) is 0 Å². The van der Waals surface area contributed by atoms with E-state index < -0.39 is 0 Å². The zero-order valence-corrected chi connectivity index (χ0v) is 5.53. The zero-order chi connectivity index (χ0) is 6.10. The zero-order valence-electron chi connectivity index (χ0n) is 4.72. The van der Waals surface area contributed by atoms with Gasteiger partial charge in [0.25, 0.3) is 0 Å². The van der Waals surface area contributed by atoms with Crippen molar-refractivity contribution < 1.29 is 0 Å². The van der Waals surface area contributed by atoms with E-state index in [1.165, 1.54) is 10.6 Å². The van der Waals surface area contributed by atoms with Crippen LogP contribution in [0.2, 0.25) is 0 Å². The van der Waals surface area contributed by atoms with Crippen molar-refractivity contribution in [3.63, 3.8) is 0 Å². The molecule has 0 radical (unpaired) electrons. The van der Waals surface area contributed by atoms with Gasteiger partial charge < -0.3 is 5.43 Å². The van der Waals surface area contributed by atoms with Crippen LogP contribution < -0.4 is 10.9 Å². The number of hydrogen-bond acceptors (Lipinski definition) is 3. The minimum absolute atomic E-state index is 1.17. The summed E-state index contributed by atoms with van der Waals surface area (Å²) in [6.45, 7) is 0. The maximum atomic E-state index is 3.02. The van der Waals surface area contributed by atoms with Crippen molar-refractivity contribution in [2.24, 2.45) is 0 Å². The molecule has 3 heteroatoms. The van der Waals surface area contributed by atoms with Gasteiger partial charge in [-0.15, -0.1) is 11.3 Å². The van der Waals surface area contributed by atoms with E-state index in [-0.39, 0.29) is 0 Å². The molecule has 2 heterocycles. The second-order valence-corrected chi connectivity index (χ2v) is 2.75. The van der Waals surface area contributed by atoms with Crippen LogP contribution in [0.3, 0.4) is 0 Å². The van der Waals surface area contributed by atoms with Crippen molar-refractivity contribution in [3.8, 4) is 0 Å². The van der Waals surface area contributed by atoms with Gasteiger partial charge in [0.15, 0.2) is 0 Å². The van der Waals surface area contributed by atoms with Crippen molar-refractivity contribution >= 4 is 23.1 Å². The van der Waals surface area contributed by atoms with E-state index in [4.69, 9.17) is 0 Å².